The van der Waals surface area contributed by atoms with Crippen LogP contribution in [0.4, 0.5) is 0 Å². The lowest BCUT2D eigenvalue weighted by Crippen LogP contribution is -2.33. The number of hydrogen-bond donors (Lipinski definition) is 0. The van der Waals surface area contributed by atoms with E-state index >= 15 is 0 Å². The highest BCUT2D eigenvalue weighted by Gasteiger charge is 2.32. The van der Waals surface area contributed by atoms with Gasteiger partial charge in [0.05, 0.1) is 0 Å². The number of piperidine rings is 1. The van der Waals surface area contributed by atoms with Crippen molar-refractivity contribution in [3.8, 4) is 5.75 Å². The zero-order valence-electron chi connectivity index (χ0n) is 19.9. The molecule has 0 spiro atoms. The first-order chi connectivity index (χ1) is 16.1. The summed E-state index contributed by atoms with van der Waals surface area (Å²) in [5, 5.41) is 0. The summed E-state index contributed by atoms with van der Waals surface area (Å²) in [5.74, 6) is 1.02. The largest absolute Gasteiger partial charge is 0.492 e. The van der Waals surface area contributed by atoms with Crippen molar-refractivity contribution in [1.29, 1.82) is 0 Å². The quantitative estimate of drug-likeness (QED) is 0.358. The third-order valence-electron chi connectivity index (χ3n) is 6.95. The Labute approximate surface area is 198 Å². The molecular weight excluding hydrogens is 406 g/mol. The van der Waals surface area contributed by atoms with Crippen LogP contribution in [0.2, 0.25) is 0 Å². The van der Waals surface area contributed by atoms with Crippen molar-refractivity contribution >= 4 is 5.78 Å². The Morgan fingerprint density at radius 1 is 0.879 bits per heavy atom. The number of rotatable bonds is 9. The molecule has 0 atom stereocenters. The number of ether oxygens (including phenoxy) is 1. The van der Waals surface area contributed by atoms with Gasteiger partial charge in [0.15, 0.2) is 5.78 Å². The van der Waals surface area contributed by atoms with Gasteiger partial charge in [-0.25, -0.2) is 0 Å². The number of hydrogen-bond acceptors (Lipinski definition) is 3. The minimum absolute atomic E-state index is 0.146. The van der Waals surface area contributed by atoms with E-state index in [2.05, 4.69) is 36.1 Å². The van der Waals surface area contributed by atoms with Crippen LogP contribution in [0.3, 0.4) is 0 Å². The molecule has 0 unspecified atom stereocenters. The van der Waals surface area contributed by atoms with E-state index < -0.39 is 5.41 Å². The molecule has 0 radical (unpaired) electrons. The molecule has 3 aromatic rings. The van der Waals surface area contributed by atoms with Gasteiger partial charge in [0.1, 0.15) is 12.4 Å². The number of Topliss-reactive ketones (excluding diaryl/α,β-unsaturated/α-hetero) is 1. The second kappa shape index (κ2) is 10.8. The maximum absolute atomic E-state index is 13.4. The molecule has 1 fully saturated rings. The average Bonchev–Trinajstić information content (AvgIpc) is 2.86. The summed E-state index contributed by atoms with van der Waals surface area (Å²) in [6.45, 7) is 8.21. The van der Waals surface area contributed by atoms with Gasteiger partial charge >= 0.3 is 0 Å². The maximum Gasteiger partial charge on any atom is 0.164 e. The minimum Gasteiger partial charge on any atom is -0.492 e. The molecule has 1 aliphatic heterocycles. The van der Waals surface area contributed by atoms with Gasteiger partial charge in [-0.2, -0.15) is 0 Å². The van der Waals surface area contributed by atoms with Crippen molar-refractivity contribution in [2.45, 2.75) is 44.9 Å². The van der Waals surface area contributed by atoms with Gasteiger partial charge in [-0.05, 0) is 67.7 Å². The van der Waals surface area contributed by atoms with Gasteiger partial charge in [-0.1, -0.05) is 74.0 Å². The van der Waals surface area contributed by atoms with E-state index in [1.165, 1.54) is 32.4 Å². The van der Waals surface area contributed by atoms with E-state index in [1.54, 1.807) is 0 Å². The number of carbonyl (C=O) groups is 1. The molecule has 0 N–H and O–H groups in total. The van der Waals surface area contributed by atoms with Crippen LogP contribution in [-0.4, -0.2) is 36.9 Å². The number of aryl methyl sites for hydroxylation is 1. The molecule has 1 aliphatic rings. The summed E-state index contributed by atoms with van der Waals surface area (Å²) in [5.41, 5.74) is 3.67. The Morgan fingerprint density at radius 3 is 2.06 bits per heavy atom. The van der Waals surface area contributed by atoms with Crippen molar-refractivity contribution in [1.82, 2.24) is 4.90 Å². The molecule has 33 heavy (non-hydrogen) atoms. The summed E-state index contributed by atoms with van der Waals surface area (Å²) >= 11 is 0. The molecule has 0 aromatic heterocycles. The maximum atomic E-state index is 13.4. The first-order valence-electron chi connectivity index (χ1n) is 12.2. The highest BCUT2D eigenvalue weighted by molar-refractivity contribution is 5.97. The van der Waals surface area contributed by atoms with Crippen molar-refractivity contribution in [2.24, 2.45) is 0 Å². The lowest BCUT2D eigenvalue weighted by Gasteiger charge is -2.30. The van der Waals surface area contributed by atoms with Crippen molar-refractivity contribution < 1.29 is 9.53 Å². The molecule has 3 heteroatoms. The smallest absolute Gasteiger partial charge is 0.164 e. The molecule has 0 amide bonds. The van der Waals surface area contributed by atoms with Crippen molar-refractivity contribution in [2.75, 3.05) is 26.2 Å². The summed E-state index contributed by atoms with van der Waals surface area (Å²) < 4.78 is 6.06. The topological polar surface area (TPSA) is 29.5 Å². The number of likely N-dealkylation sites (tertiary alicyclic amines) is 1. The Bertz CT molecular complexity index is 1000. The van der Waals surface area contributed by atoms with Gasteiger partial charge in [-0.15, -0.1) is 0 Å². The summed E-state index contributed by atoms with van der Waals surface area (Å²) in [6, 6.07) is 26.5. The number of ketones is 1. The van der Waals surface area contributed by atoms with Crippen LogP contribution in [0, 0.1) is 6.92 Å². The van der Waals surface area contributed by atoms with Crippen LogP contribution < -0.4 is 4.74 Å². The first kappa shape index (κ1) is 23.3. The molecule has 172 valence electrons. The highest BCUT2D eigenvalue weighted by atomic mass is 16.5. The summed E-state index contributed by atoms with van der Waals surface area (Å²) in [6.07, 6.45) is 4.34. The summed E-state index contributed by atoms with van der Waals surface area (Å²) in [7, 11) is 0. The van der Waals surface area contributed by atoms with Crippen LogP contribution in [0.5, 0.6) is 5.75 Å². The first-order valence-corrected chi connectivity index (χ1v) is 12.2. The minimum atomic E-state index is -0.392. The van der Waals surface area contributed by atoms with Gasteiger partial charge < -0.3 is 4.74 Å². The zero-order chi connectivity index (χ0) is 23.1. The van der Waals surface area contributed by atoms with E-state index in [0.29, 0.717) is 13.0 Å². The highest BCUT2D eigenvalue weighted by Crippen LogP contribution is 2.36. The molecule has 0 saturated carbocycles. The predicted octanol–water partition coefficient (Wildman–Crippen LogP) is 6.44. The number of nitrogens with zero attached hydrogens (tertiary/aromatic N) is 1. The van der Waals surface area contributed by atoms with E-state index in [1.807, 2.05) is 61.5 Å². The van der Waals surface area contributed by atoms with Crippen LogP contribution >= 0.6 is 0 Å². The van der Waals surface area contributed by atoms with E-state index in [9.17, 15) is 4.79 Å². The van der Waals surface area contributed by atoms with Gasteiger partial charge in [0, 0.05) is 23.9 Å². The van der Waals surface area contributed by atoms with Gasteiger partial charge in [0.25, 0.3) is 0 Å². The predicted molar refractivity (Wildman–Crippen MR) is 135 cm³/mol. The molecule has 4 rings (SSSR count). The molecule has 3 aromatic carbocycles. The molecule has 1 saturated heterocycles. The third kappa shape index (κ3) is 5.72. The number of benzene rings is 3. The van der Waals surface area contributed by atoms with Crippen LogP contribution in [0.25, 0.3) is 0 Å². The van der Waals surface area contributed by atoms with Crippen molar-refractivity contribution in [3.63, 3.8) is 0 Å². The SMILES string of the molecule is Cc1cc(C(=O)CC(C)(c2ccccc2)c2ccccc2)ccc1OCCN1CCCCC1. The Morgan fingerprint density at radius 2 is 1.48 bits per heavy atom. The number of carbonyl (C=O) groups excluding carboxylic acids is 1. The van der Waals surface area contributed by atoms with E-state index in [4.69, 9.17) is 4.74 Å². The fraction of sp³-hybridized carbons (Fsp3) is 0.367. The Hall–Kier alpha value is -2.91. The lowest BCUT2D eigenvalue weighted by molar-refractivity contribution is 0.0962. The van der Waals surface area contributed by atoms with E-state index in [0.717, 1.165) is 34.5 Å². The Kier molecular flexibility index (Phi) is 7.61. The molecule has 3 nitrogen and oxygen atoms in total. The fourth-order valence-electron chi connectivity index (χ4n) is 4.86. The molecule has 1 heterocycles. The average molecular weight is 442 g/mol. The van der Waals surface area contributed by atoms with Crippen molar-refractivity contribution in [3.05, 3.63) is 101 Å². The van der Waals surface area contributed by atoms with E-state index in [-0.39, 0.29) is 5.78 Å². The standard InChI is InChI=1S/C30H35NO2/c1-24-22-25(16-17-29(24)33-21-20-31-18-10-5-11-19-31)28(32)23-30(2,26-12-6-3-7-13-26)27-14-8-4-9-15-27/h3-4,6-9,12-17,22H,5,10-11,18-21,23H2,1-2H3. The monoisotopic (exact) mass is 441 g/mol. The second-order valence-corrected chi connectivity index (χ2v) is 9.40. The normalized spacial score (nSPS) is 14.7. The van der Waals surface area contributed by atoms with Gasteiger partial charge in [-0.3, -0.25) is 9.69 Å². The van der Waals surface area contributed by atoms with Crippen LogP contribution in [0.1, 0.15) is 59.7 Å². The third-order valence-corrected chi connectivity index (χ3v) is 6.95. The van der Waals surface area contributed by atoms with Crippen LogP contribution in [0.15, 0.2) is 78.9 Å². The Balaban J connectivity index is 1.46. The second-order valence-electron chi connectivity index (χ2n) is 9.40. The van der Waals surface area contributed by atoms with Crippen LogP contribution in [-0.2, 0) is 5.41 Å². The lowest BCUT2D eigenvalue weighted by atomic mass is 9.72. The molecular formula is C30H35NO2. The molecule has 0 aliphatic carbocycles. The molecule has 0 bridgehead atoms. The summed E-state index contributed by atoms with van der Waals surface area (Å²) in [4.78, 5) is 15.9. The fourth-order valence-corrected chi connectivity index (χ4v) is 4.86. The zero-order valence-corrected chi connectivity index (χ0v) is 19.9. The van der Waals surface area contributed by atoms with Gasteiger partial charge in [0.2, 0.25) is 0 Å².